The fourth-order valence-electron chi connectivity index (χ4n) is 7.93. The van der Waals surface area contributed by atoms with Crippen LogP contribution in [-0.4, -0.2) is 97.0 Å². The first-order chi connectivity index (χ1) is 25.9. The molecule has 0 aliphatic carbocycles. The summed E-state index contributed by atoms with van der Waals surface area (Å²) in [5.41, 5.74) is 3.44. The van der Waals surface area contributed by atoms with Crippen LogP contribution in [0.25, 0.3) is 10.9 Å². The van der Waals surface area contributed by atoms with Crippen molar-refractivity contribution in [2.75, 3.05) is 49.5 Å². The smallest absolute Gasteiger partial charge is 0.387 e. The molecule has 7 rings (SSSR count). The maximum Gasteiger partial charge on any atom is 0.387 e. The molecule has 3 fully saturated rings. The lowest BCUT2D eigenvalue weighted by atomic mass is 9.83. The minimum atomic E-state index is -2.92. The molecule has 54 heavy (non-hydrogen) atoms. The number of rotatable bonds is 12. The van der Waals surface area contributed by atoms with E-state index in [9.17, 15) is 22.6 Å². The van der Waals surface area contributed by atoms with Crippen molar-refractivity contribution in [1.82, 2.24) is 34.3 Å². The van der Waals surface area contributed by atoms with E-state index in [0.29, 0.717) is 37.3 Å². The molecule has 3 aliphatic rings. The summed E-state index contributed by atoms with van der Waals surface area (Å²) >= 11 is 0. The zero-order valence-corrected chi connectivity index (χ0v) is 31.7. The molecule has 1 unspecified atom stereocenters. The van der Waals surface area contributed by atoms with Crippen LogP contribution < -0.4 is 20.3 Å². The number of halogens is 2. The van der Waals surface area contributed by atoms with Gasteiger partial charge >= 0.3 is 12.6 Å². The normalized spacial score (nSPS) is 19.0. The van der Waals surface area contributed by atoms with Gasteiger partial charge in [0.1, 0.15) is 11.0 Å². The van der Waals surface area contributed by atoms with Crippen molar-refractivity contribution in [3.8, 4) is 5.75 Å². The van der Waals surface area contributed by atoms with Crippen molar-refractivity contribution >= 4 is 45.6 Å². The standard InChI is InChI=1S/C38H47F2N9O4S/c1-38(2,21-25-5-4-6-30(19-25)54(52)48-16-11-28(12-17-48)43-36-41-22-29(23-42-36)53-35(39)40)24-47-14-9-26(10-15-47)27-7-8-31-32(20-27)46(3)45-34(31)49-18-13-33(50)44-37(49)51/h4-8,19-20,22-23,26,28,35H,9-18,21,24H2,1-3H3,(H,41,42,43)(H,44,50,51). The number of imide groups is 1. The molecular weight excluding hydrogens is 717 g/mol. The SMILES string of the molecule is Cn1nc(N2CCC(=O)NC2=O)c2ccc(C3CCN(CC(C)(C)Cc4cccc(S(=O)N5CCC(Nc6ncc(OC(F)F)cn6)CC5)c4)CC3)cc21. The lowest BCUT2D eigenvalue weighted by molar-refractivity contribution is -0.120. The Kier molecular flexibility index (Phi) is 11.2. The van der Waals surface area contributed by atoms with Gasteiger partial charge in [-0.2, -0.15) is 13.9 Å². The number of carbonyl (C=O) groups is 2. The Labute approximate surface area is 316 Å². The first-order valence-electron chi connectivity index (χ1n) is 18.5. The number of amides is 3. The molecule has 0 bridgehead atoms. The highest BCUT2D eigenvalue weighted by Crippen LogP contribution is 2.35. The van der Waals surface area contributed by atoms with E-state index in [-0.39, 0.29) is 29.5 Å². The first-order valence-corrected chi connectivity index (χ1v) is 19.6. The number of hydrogen-bond acceptors (Lipinski definition) is 9. The minimum Gasteiger partial charge on any atom is -0.432 e. The van der Waals surface area contributed by atoms with Crippen LogP contribution in [0.3, 0.4) is 0 Å². The second-order valence-corrected chi connectivity index (χ2v) is 16.7. The van der Waals surface area contributed by atoms with E-state index < -0.39 is 23.6 Å². The van der Waals surface area contributed by atoms with Gasteiger partial charge < -0.3 is 15.0 Å². The Bertz CT molecular complexity index is 1990. The number of hydrogen-bond donors (Lipinski definition) is 2. The van der Waals surface area contributed by atoms with Crippen molar-refractivity contribution in [3.63, 3.8) is 0 Å². The minimum absolute atomic E-state index is 0.0121. The lowest BCUT2D eigenvalue weighted by Gasteiger charge is -2.38. The molecule has 288 valence electrons. The van der Waals surface area contributed by atoms with E-state index in [2.05, 4.69) is 79.5 Å². The maximum atomic E-state index is 13.6. The molecule has 13 nitrogen and oxygen atoms in total. The molecule has 2 aromatic heterocycles. The van der Waals surface area contributed by atoms with Gasteiger partial charge in [0.05, 0.1) is 22.8 Å². The number of nitrogens with one attached hydrogen (secondary N) is 2. The summed E-state index contributed by atoms with van der Waals surface area (Å²) in [4.78, 5) is 37.2. The Morgan fingerprint density at radius 3 is 2.44 bits per heavy atom. The molecule has 4 aromatic rings. The first kappa shape index (κ1) is 37.8. The number of aromatic nitrogens is 4. The lowest BCUT2D eigenvalue weighted by Crippen LogP contribution is -2.49. The van der Waals surface area contributed by atoms with Gasteiger partial charge in [-0.05, 0) is 91.9 Å². The van der Waals surface area contributed by atoms with Crippen molar-refractivity contribution in [1.29, 1.82) is 0 Å². The van der Waals surface area contributed by atoms with Crippen LogP contribution >= 0.6 is 0 Å². The van der Waals surface area contributed by atoms with Gasteiger partial charge in [-0.1, -0.05) is 32.0 Å². The molecule has 3 amide bonds. The van der Waals surface area contributed by atoms with Crippen LogP contribution in [0.15, 0.2) is 59.8 Å². The van der Waals surface area contributed by atoms with Crippen LogP contribution in [0.5, 0.6) is 5.75 Å². The highest BCUT2D eigenvalue weighted by molar-refractivity contribution is 7.82. The van der Waals surface area contributed by atoms with Gasteiger partial charge in [0.25, 0.3) is 0 Å². The number of nitrogens with zero attached hydrogens (tertiary/aromatic N) is 7. The predicted octanol–water partition coefficient (Wildman–Crippen LogP) is 5.46. The third kappa shape index (κ3) is 8.87. The summed E-state index contributed by atoms with van der Waals surface area (Å²) in [5.74, 6) is 1.01. The molecule has 2 aromatic carbocycles. The summed E-state index contributed by atoms with van der Waals surface area (Å²) in [7, 11) is 0.609. The van der Waals surface area contributed by atoms with Gasteiger partial charge in [0, 0.05) is 51.1 Å². The van der Waals surface area contributed by atoms with E-state index in [1.54, 1.807) is 4.90 Å². The molecule has 1 atom stereocenters. The fourth-order valence-corrected chi connectivity index (χ4v) is 9.22. The predicted molar refractivity (Wildman–Crippen MR) is 202 cm³/mol. The van der Waals surface area contributed by atoms with Gasteiger partial charge in [-0.3, -0.25) is 19.7 Å². The molecule has 0 saturated carbocycles. The number of piperidine rings is 2. The van der Waals surface area contributed by atoms with Crippen LogP contribution in [0.2, 0.25) is 0 Å². The number of anilines is 2. The molecule has 3 saturated heterocycles. The third-order valence-electron chi connectivity index (χ3n) is 10.5. The Balaban J connectivity index is 0.890. The van der Waals surface area contributed by atoms with Crippen molar-refractivity contribution in [2.24, 2.45) is 12.5 Å². The van der Waals surface area contributed by atoms with E-state index in [4.69, 9.17) is 0 Å². The number of likely N-dealkylation sites (tertiary alicyclic amines) is 1. The molecule has 16 heteroatoms. The number of ether oxygens (including phenoxy) is 1. The van der Waals surface area contributed by atoms with Crippen LogP contribution in [0.1, 0.15) is 63.0 Å². The monoisotopic (exact) mass is 763 g/mol. The zero-order chi connectivity index (χ0) is 38.0. The number of carbonyl (C=O) groups excluding carboxylic acids is 2. The average Bonchev–Trinajstić information content (AvgIpc) is 3.47. The van der Waals surface area contributed by atoms with Crippen LogP contribution in [0, 0.1) is 5.41 Å². The Hall–Kier alpha value is -4.54. The second kappa shape index (κ2) is 16.1. The topological polar surface area (TPSA) is 138 Å². The number of alkyl halides is 2. The molecule has 2 N–H and O–H groups in total. The summed E-state index contributed by atoms with van der Waals surface area (Å²) < 4.78 is 46.6. The molecule has 0 radical (unpaired) electrons. The number of urea groups is 1. The molecule has 3 aliphatic heterocycles. The highest BCUT2D eigenvalue weighted by Gasteiger charge is 2.31. The quantitative estimate of drug-likeness (QED) is 0.193. The zero-order valence-electron chi connectivity index (χ0n) is 30.8. The van der Waals surface area contributed by atoms with Gasteiger partial charge in [0.15, 0.2) is 11.6 Å². The van der Waals surface area contributed by atoms with Gasteiger partial charge in [-0.25, -0.2) is 23.3 Å². The van der Waals surface area contributed by atoms with Gasteiger partial charge in [-0.15, -0.1) is 0 Å². The van der Waals surface area contributed by atoms with Crippen molar-refractivity contribution < 1.29 is 27.3 Å². The summed E-state index contributed by atoms with van der Waals surface area (Å²) in [6.45, 7) is 6.25. The van der Waals surface area contributed by atoms with Crippen molar-refractivity contribution in [2.45, 2.75) is 75.8 Å². The van der Waals surface area contributed by atoms with E-state index >= 15 is 0 Å². The summed E-state index contributed by atoms with van der Waals surface area (Å²) in [6, 6.07) is 14.2. The van der Waals surface area contributed by atoms with E-state index in [0.717, 1.165) is 67.5 Å². The third-order valence-corrected chi connectivity index (χ3v) is 12.0. The maximum absolute atomic E-state index is 13.6. The molecule has 0 spiro atoms. The average molecular weight is 764 g/mol. The van der Waals surface area contributed by atoms with E-state index in [1.807, 2.05) is 28.2 Å². The van der Waals surface area contributed by atoms with Crippen LogP contribution in [-0.2, 0) is 29.2 Å². The Morgan fingerprint density at radius 2 is 1.74 bits per heavy atom. The number of aryl methyl sites for hydroxylation is 1. The fraction of sp³-hybridized carbons (Fsp3) is 0.500. The van der Waals surface area contributed by atoms with Crippen molar-refractivity contribution in [3.05, 3.63) is 66.0 Å². The van der Waals surface area contributed by atoms with E-state index in [1.165, 1.54) is 23.5 Å². The largest absolute Gasteiger partial charge is 0.432 e. The highest BCUT2D eigenvalue weighted by atomic mass is 32.2. The Morgan fingerprint density at radius 1 is 1.00 bits per heavy atom. The number of fused-ring (bicyclic) bond motifs is 1. The second-order valence-electron chi connectivity index (χ2n) is 15.2. The van der Waals surface area contributed by atoms with Crippen LogP contribution in [0.4, 0.5) is 25.3 Å². The van der Waals surface area contributed by atoms with Gasteiger partial charge in [0.2, 0.25) is 11.9 Å². The number of benzene rings is 2. The molecular formula is C38H47F2N9O4S. The molecule has 5 heterocycles. The summed E-state index contributed by atoms with van der Waals surface area (Å²) in [6.07, 6.45) is 7.17. The summed E-state index contributed by atoms with van der Waals surface area (Å²) in [5, 5.41) is 11.2.